The van der Waals surface area contributed by atoms with Crippen LogP contribution in [-0.2, 0) is 11.2 Å². The molecule has 0 aliphatic carbocycles. The van der Waals surface area contributed by atoms with Crippen LogP contribution in [0.15, 0.2) is 29.4 Å². The van der Waals surface area contributed by atoms with Gasteiger partial charge in [0.25, 0.3) is 0 Å². The summed E-state index contributed by atoms with van der Waals surface area (Å²) in [4.78, 5) is 8.43. The molecule has 1 rings (SSSR count). The number of nitrogens with zero attached hydrogens (tertiary/aromatic N) is 2. The highest BCUT2D eigenvalue weighted by molar-refractivity contribution is 5.79. The molecule has 0 aromatic carbocycles. The maximum atomic E-state index is 5.07. The fourth-order valence-electron chi connectivity index (χ4n) is 1.57. The zero-order chi connectivity index (χ0) is 13.2. The summed E-state index contributed by atoms with van der Waals surface area (Å²) in [5.41, 5.74) is 1.07. The maximum Gasteiger partial charge on any atom is 0.191 e. The summed E-state index contributed by atoms with van der Waals surface area (Å²) in [5, 5.41) is 6.50. The van der Waals surface area contributed by atoms with Gasteiger partial charge in [0.15, 0.2) is 5.96 Å². The minimum atomic E-state index is 0.232. The zero-order valence-electron chi connectivity index (χ0n) is 11.3. The number of guanidine groups is 1. The molecule has 0 saturated heterocycles. The minimum absolute atomic E-state index is 0.232. The van der Waals surface area contributed by atoms with Crippen molar-refractivity contribution < 1.29 is 4.74 Å². The van der Waals surface area contributed by atoms with Crippen LogP contribution in [0, 0.1) is 0 Å². The van der Waals surface area contributed by atoms with Crippen LogP contribution < -0.4 is 10.6 Å². The van der Waals surface area contributed by atoms with Crippen molar-refractivity contribution in [1.29, 1.82) is 0 Å². The number of aliphatic imine (C=N–C) groups is 1. The van der Waals surface area contributed by atoms with Crippen molar-refractivity contribution >= 4 is 5.96 Å². The van der Waals surface area contributed by atoms with E-state index in [0.717, 1.165) is 24.6 Å². The lowest BCUT2D eigenvalue weighted by Crippen LogP contribution is -2.44. The molecule has 0 spiro atoms. The fourth-order valence-corrected chi connectivity index (χ4v) is 1.57. The highest BCUT2D eigenvalue weighted by atomic mass is 16.5. The van der Waals surface area contributed by atoms with E-state index in [1.54, 1.807) is 14.2 Å². The smallest absolute Gasteiger partial charge is 0.191 e. The van der Waals surface area contributed by atoms with Crippen molar-refractivity contribution in [3.05, 3.63) is 30.1 Å². The molecule has 0 radical (unpaired) electrons. The first-order valence-electron chi connectivity index (χ1n) is 6.12. The van der Waals surface area contributed by atoms with Crippen LogP contribution >= 0.6 is 0 Å². The second-order valence-corrected chi connectivity index (χ2v) is 4.07. The third kappa shape index (κ3) is 5.63. The Morgan fingerprint density at radius 1 is 1.50 bits per heavy atom. The number of aromatic nitrogens is 1. The van der Waals surface area contributed by atoms with E-state index in [0.29, 0.717) is 6.61 Å². The predicted molar refractivity (Wildman–Crippen MR) is 73.8 cm³/mol. The van der Waals surface area contributed by atoms with Gasteiger partial charge in [-0.2, -0.15) is 0 Å². The van der Waals surface area contributed by atoms with Gasteiger partial charge in [0.1, 0.15) is 0 Å². The number of hydrogen-bond donors (Lipinski definition) is 2. The van der Waals surface area contributed by atoms with Gasteiger partial charge in [0.05, 0.1) is 6.61 Å². The topological polar surface area (TPSA) is 58.5 Å². The van der Waals surface area contributed by atoms with E-state index >= 15 is 0 Å². The largest absolute Gasteiger partial charge is 0.383 e. The van der Waals surface area contributed by atoms with Crippen molar-refractivity contribution in [3.8, 4) is 0 Å². The van der Waals surface area contributed by atoms with Crippen LogP contribution in [0.4, 0.5) is 0 Å². The summed E-state index contributed by atoms with van der Waals surface area (Å²) < 4.78 is 5.07. The quantitative estimate of drug-likeness (QED) is 0.580. The number of methoxy groups -OCH3 is 1. The second-order valence-electron chi connectivity index (χ2n) is 4.07. The average molecular weight is 250 g/mol. The number of ether oxygens (including phenoxy) is 1. The number of nitrogens with one attached hydrogen (secondary N) is 2. The first-order chi connectivity index (χ1) is 8.76. The minimum Gasteiger partial charge on any atom is -0.383 e. The van der Waals surface area contributed by atoms with Crippen LogP contribution in [0.3, 0.4) is 0 Å². The van der Waals surface area contributed by atoms with Crippen LogP contribution in [0.5, 0.6) is 0 Å². The summed E-state index contributed by atoms with van der Waals surface area (Å²) in [6.45, 7) is 3.51. The van der Waals surface area contributed by atoms with Gasteiger partial charge >= 0.3 is 0 Å². The third-order valence-corrected chi connectivity index (χ3v) is 2.42. The standard InChI is InChI=1S/C13H22N4O/c1-11(10-18-3)17-13(14-2)16-9-7-12-6-4-5-8-15-12/h4-6,8,11H,7,9-10H2,1-3H3,(H2,14,16,17). The number of rotatable bonds is 6. The van der Waals surface area contributed by atoms with Gasteiger partial charge in [-0.15, -0.1) is 0 Å². The third-order valence-electron chi connectivity index (χ3n) is 2.42. The molecule has 100 valence electrons. The average Bonchev–Trinajstić information content (AvgIpc) is 2.39. The molecular formula is C13H22N4O. The maximum absolute atomic E-state index is 5.07. The molecule has 5 heteroatoms. The van der Waals surface area contributed by atoms with Crippen LogP contribution in [0.2, 0.25) is 0 Å². The molecule has 18 heavy (non-hydrogen) atoms. The SMILES string of the molecule is CN=C(NCCc1ccccn1)NC(C)COC. The molecule has 0 aliphatic heterocycles. The lowest BCUT2D eigenvalue weighted by molar-refractivity contribution is 0.179. The summed E-state index contributed by atoms with van der Waals surface area (Å²) in [7, 11) is 3.45. The van der Waals surface area contributed by atoms with E-state index in [1.165, 1.54) is 0 Å². The molecule has 1 aromatic rings. The molecule has 2 N–H and O–H groups in total. The summed E-state index contributed by atoms with van der Waals surface area (Å²) >= 11 is 0. The first-order valence-corrected chi connectivity index (χ1v) is 6.12. The molecule has 0 bridgehead atoms. The molecule has 1 aromatic heterocycles. The molecule has 0 saturated carbocycles. The molecule has 1 heterocycles. The Morgan fingerprint density at radius 3 is 2.94 bits per heavy atom. The Bertz CT molecular complexity index is 353. The summed E-state index contributed by atoms with van der Waals surface area (Å²) in [6.07, 6.45) is 2.68. The summed E-state index contributed by atoms with van der Waals surface area (Å²) in [6, 6.07) is 6.17. The van der Waals surface area contributed by atoms with Gasteiger partial charge in [0, 0.05) is 45.1 Å². The normalized spacial score (nSPS) is 13.2. The van der Waals surface area contributed by atoms with E-state index in [9.17, 15) is 0 Å². The molecule has 1 atom stereocenters. The molecule has 1 unspecified atom stereocenters. The van der Waals surface area contributed by atoms with Gasteiger partial charge in [-0.05, 0) is 19.1 Å². The summed E-state index contributed by atoms with van der Waals surface area (Å²) in [5.74, 6) is 0.787. The zero-order valence-corrected chi connectivity index (χ0v) is 11.3. The van der Waals surface area contributed by atoms with Crippen LogP contribution in [0.1, 0.15) is 12.6 Å². The molecule has 0 amide bonds. The molecular weight excluding hydrogens is 228 g/mol. The van der Waals surface area contributed by atoms with Crippen molar-refractivity contribution in [1.82, 2.24) is 15.6 Å². The Labute approximate surface area is 109 Å². The Balaban J connectivity index is 2.28. The highest BCUT2D eigenvalue weighted by Gasteiger charge is 2.03. The van der Waals surface area contributed by atoms with Gasteiger partial charge in [0.2, 0.25) is 0 Å². The Hall–Kier alpha value is -1.62. The first kappa shape index (κ1) is 14.4. The van der Waals surface area contributed by atoms with Crippen LogP contribution in [0.25, 0.3) is 0 Å². The van der Waals surface area contributed by atoms with E-state index in [2.05, 4.69) is 27.5 Å². The van der Waals surface area contributed by atoms with Crippen LogP contribution in [-0.4, -0.2) is 44.3 Å². The fraction of sp³-hybridized carbons (Fsp3) is 0.538. The molecule has 0 aliphatic rings. The van der Waals surface area contributed by atoms with Crippen molar-refractivity contribution in [2.45, 2.75) is 19.4 Å². The highest BCUT2D eigenvalue weighted by Crippen LogP contribution is 1.93. The van der Waals surface area contributed by atoms with E-state index in [-0.39, 0.29) is 6.04 Å². The van der Waals surface area contributed by atoms with Gasteiger partial charge in [-0.25, -0.2) is 0 Å². The molecule has 5 nitrogen and oxygen atoms in total. The van der Waals surface area contributed by atoms with E-state index in [4.69, 9.17) is 4.74 Å². The lowest BCUT2D eigenvalue weighted by atomic mass is 10.3. The number of pyridine rings is 1. The molecule has 0 fully saturated rings. The van der Waals surface area contributed by atoms with E-state index in [1.807, 2.05) is 24.4 Å². The van der Waals surface area contributed by atoms with Crippen molar-refractivity contribution in [2.75, 3.05) is 27.3 Å². The van der Waals surface area contributed by atoms with Crippen molar-refractivity contribution in [2.24, 2.45) is 4.99 Å². The van der Waals surface area contributed by atoms with Gasteiger partial charge < -0.3 is 15.4 Å². The Morgan fingerprint density at radius 2 is 2.33 bits per heavy atom. The predicted octanol–water partition coefficient (Wildman–Crippen LogP) is 0.824. The monoisotopic (exact) mass is 250 g/mol. The Kier molecular flexibility index (Phi) is 6.79. The van der Waals surface area contributed by atoms with E-state index < -0.39 is 0 Å². The van der Waals surface area contributed by atoms with Gasteiger partial charge in [-0.1, -0.05) is 6.07 Å². The van der Waals surface area contributed by atoms with Crippen molar-refractivity contribution in [3.63, 3.8) is 0 Å². The number of hydrogen-bond acceptors (Lipinski definition) is 3. The lowest BCUT2D eigenvalue weighted by Gasteiger charge is -2.17. The van der Waals surface area contributed by atoms with Gasteiger partial charge in [-0.3, -0.25) is 9.98 Å². The second kappa shape index (κ2) is 8.47.